The molecule has 1 fully saturated rings. The van der Waals surface area contributed by atoms with Gasteiger partial charge in [-0.2, -0.15) is 0 Å². The second kappa shape index (κ2) is 15.7. The monoisotopic (exact) mass is 663 g/mol. The molecule has 14 nitrogen and oxygen atoms in total. The first-order chi connectivity index (χ1) is 23.0. The van der Waals surface area contributed by atoms with Crippen LogP contribution in [0.2, 0.25) is 0 Å². The second-order valence-electron chi connectivity index (χ2n) is 11.3. The minimum Gasteiger partial charge on any atom is -0.481 e. The minimum atomic E-state index is -1.53. The van der Waals surface area contributed by atoms with E-state index in [2.05, 4.69) is 19.2 Å². The van der Waals surface area contributed by atoms with Gasteiger partial charge < -0.3 is 35.1 Å². The number of aromatic nitrogens is 2. The van der Waals surface area contributed by atoms with Crippen molar-refractivity contribution in [2.45, 2.75) is 84.7 Å². The van der Waals surface area contributed by atoms with Crippen LogP contribution in [0.4, 0.5) is 0 Å². The van der Waals surface area contributed by atoms with Gasteiger partial charge in [0.05, 0.1) is 41.5 Å². The molecule has 256 valence electrons. The van der Waals surface area contributed by atoms with Crippen molar-refractivity contribution >= 4 is 40.6 Å². The molecule has 1 aromatic carbocycles. The van der Waals surface area contributed by atoms with Gasteiger partial charge in [0.2, 0.25) is 17.9 Å². The summed E-state index contributed by atoms with van der Waals surface area (Å²) in [5, 5.41) is 12.2. The van der Waals surface area contributed by atoms with Crippen molar-refractivity contribution in [2.75, 3.05) is 13.1 Å². The average molecular weight is 664 g/mol. The van der Waals surface area contributed by atoms with E-state index in [0.717, 1.165) is 16.5 Å². The summed E-state index contributed by atoms with van der Waals surface area (Å²) < 4.78 is 12.1. The number of nitrogens with two attached hydrogens (primary N) is 1. The number of hydrogen-bond acceptors (Lipinski definition) is 10. The lowest BCUT2D eigenvalue weighted by molar-refractivity contribution is -0.171. The van der Waals surface area contributed by atoms with E-state index >= 15 is 0 Å². The predicted octanol–water partition coefficient (Wildman–Crippen LogP) is 2.42. The normalized spacial score (nSPS) is 17.7. The first-order valence-electron chi connectivity index (χ1n) is 16.1. The van der Waals surface area contributed by atoms with Crippen LogP contribution in [0.3, 0.4) is 0 Å². The van der Waals surface area contributed by atoms with Gasteiger partial charge in [0.1, 0.15) is 19.2 Å². The number of aliphatic carboxylic acids is 1. The summed E-state index contributed by atoms with van der Waals surface area (Å²) in [6.45, 7) is 7.85. The number of nitrogens with one attached hydrogen (secondary N) is 1. The molecule has 0 radical (unpaired) electrons. The third-order valence-corrected chi connectivity index (χ3v) is 7.87. The van der Waals surface area contributed by atoms with Crippen molar-refractivity contribution < 1.29 is 38.6 Å². The van der Waals surface area contributed by atoms with Crippen molar-refractivity contribution in [3.63, 3.8) is 0 Å². The Morgan fingerprint density at radius 3 is 2.56 bits per heavy atom. The third kappa shape index (κ3) is 7.38. The van der Waals surface area contributed by atoms with E-state index in [1.54, 1.807) is 10.6 Å². The largest absolute Gasteiger partial charge is 0.481 e. The number of amides is 2. The zero-order valence-electron chi connectivity index (χ0n) is 27.5. The maximum Gasteiger partial charge on any atom is 0.352 e. The van der Waals surface area contributed by atoms with Crippen LogP contribution >= 0.6 is 0 Å². The highest BCUT2D eigenvalue weighted by Gasteiger charge is 2.39. The van der Waals surface area contributed by atoms with Crippen molar-refractivity contribution in [3.8, 4) is 11.4 Å². The van der Waals surface area contributed by atoms with E-state index < -0.39 is 60.9 Å². The maximum absolute atomic E-state index is 13.4. The molecule has 4 N–H and O–H groups in total. The number of carboxylic acids is 1. The number of ether oxygens (including phenoxy) is 2. The number of carboxylic acid groups (broad SMARTS) is 1. The molecular formula is C34H41N5O9. The van der Waals surface area contributed by atoms with Gasteiger partial charge >= 0.3 is 17.9 Å². The molecular weight excluding hydrogens is 622 g/mol. The molecule has 2 amide bonds. The highest BCUT2D eigenvalue weighted by atomic mass is 16.6. The molecule has 3 aromatic rings. The zero-order chi connectivity index (χ0) is 35.1. The Kier molecular flexibility index (Phi) is 11.7. The van der Waals surface area contributed by atoms with Crippen molar-refractivity contribution in [2.24, 2.45) is 5.73 Å². The van der Waals surface area contributed by atoms with E-state index in [1.165, 1.54) is 11.3 Å². The van der Waals surface area contributed by atoms with Crippen LogP contribution in [0.15, 0.2) is 41.2 Å². The molecule has 2 aromatic heterocycles. The summed E-state index contributed by atoms with van der Waals surface area (Å²) in [7, 11) is 0. The lowest BCUT2D eigenvalue weighted by Crippen LogP contribution is -2.52. The molecule has 0 bridgehead atoms. The van der Waals surface area contributed by atoms with Gasteiger partial charge in [-0.15, -0.1) is 0 Å². The first-order valence-corrected chi connectivity index (χ1v) is 16.1. The Morgan fingerprint density at radius 1 is 1.15 bits per heavy atom. The molecule has 5 heterocycles. The number of carbonyl (C=O) groups is 5. The standard InChI is InChI=1S/C29H27N5O9.C3H8.C2H6/c30-18(10-22(35)36)28(40)33-7-3-6-20(33)26(38)31-11-23(37)43-25-16-9-21-24-15(8-14-4-1-2-5-19(14)32-24)12-34(21)27(39)17(16)13-42-29(25)41;1-3-2;1-2/h1-2,4-5,8-9,18,20,25H,3,6-7,10-13,30H2,(H,31,38)(H,35,36);3H2,1-2H3;1-2H3/t18-,20-,25?;;/m0../s1. The number of likely N-dealkylation sites (tertiary alicyclic amines) is 1. The number of carbonyl (C=O) groups excluding carboxylic acids is 4. The van der Waals surface area contributed by atoms with Crippen LogP contribution in [0.25, 0.3) is 22.3 Å². The summed E-state index contributed by atoms with van der Waals surface area (Å²) in [5.41, 5.74) is 8.33. The molecule has 14 heteroatoms. The Labute approximate surface area is 277 Å². The Bertz CT molecular complexity index is 1790. The topological polar surface area (TPSA) is 200 Å². The van der Waals surface area contributed by atoms with Crippen LogP contribution in [0.1, 0.15) is 76.2 Å². The molecule has 3 aliphatic rings. The first kappa shape index (κ1) is 35.7. The fourth-order valence-corrected chi connectivity index (χ4v) is 5.81. The van der Waals surface area contributed by atoms with Gasteiger partial charge in [0.15, 0.2) is 0 Å². The lowest BCUT2D eigenvalue weighted by atomic mass is 10.00. The van der Waals surface area contributed by atoms with Crippen molar-refractivity contribution in [3.05, 3.63) is 63.4 Å². The quantitative estimate of drug-likeness (QED) is 0.245. The molecule has 3 aliphatic heterocycles. The van der Waals surface area contributed by atoms with Crippen LogP contribution in [0.5, 0.6) is 0 Å². The van der Waals surface area contributed by atoms with Crippen LogP contribution in [-0.4, -0.2) is 74.5 Å². The molecule has 0 aliphatic carbocycles. The predicted molar refractivity (Wildman–Crippen MR) is 174 cm³/mol. The van der Waals surface area contributed by atoms with Crippen molar-refractivity contribution in [1.82, 2.24) is 19.8 Å². The van der Waals surface area contributed by atoms with Gasteiger partial charge in [-0.1, -0.05) is 52.3 Å². The molecule has 3 atom stereocenters. The number of pyridine rings is 2. The highest BCUT2D eigenvalue weighted by Crippen LogP contribution is 2.36. The SMILES string of the molecule is CC.CCC.N[C@@H](CC(=O)O)C(=O)N1CCC[C@H]1C(=O)NCC(=O)OC1C(=O)OCc2c1cc1n(c2=O)Cc2cc3ccccc3nc2-1. The van der Waals surface area contributed by atoms with Gasteiger partial charge in [-0.05, 0) is 31.0 Å². The highest BCUT2D eigenvalue weighted by molar-refractivity contribution is 5.93. The van der Waals surface area contributed by atoms with E-state index in [9.17, 15) is 28.8 Å². The molecule has 48 heavy (non-hydrogen) atoms. The van der Waals surface area contributed by atoms with E-state index in [-0.39, 0.29) is 29.8 Å². The summed E-state index contributed by atoms with van der Waals surface area (Å²) in [5.74, 6) is -4.39. The number of esters is 2. The zero-order valence-corrected chi connectivity index (χ0v) is 27.5. The number of nitrogens with zero attached hydrogens (tertiary/aromatic N) is 3. The summed E-state index contributed by atoms with van der Waals surface area (Å²) in [4.78, 5) is 81.2. The fraction of sp³-hybridized carbons (Fsp3) is 0.441. The molecule has 1 saturated heterocycles. The fourth-order valence-electron chi connectivity index (χ4n) is 5.81. The Morgan fingerprint density at radius 2 is 1.85 bits per heavy atom. The summed E-state index contributed by atoms with van der Waals surface area (Å²) >= 11 is 0. The summed E-state index contributed by atoms with van der Waals surface area (Å²) in [6, 6.07) is 8.87. The van der Waals surface area contributed by atoms with Crippen LogP contribution in [-0.2, 0) is 46.6 Å². The molecule has 6 rings (SSSR count). The number of para-hydroxylation sites is 1. The smallest absolute Gasteiger partial charge is 0.352 e. The number of benzene rings is 1. The Hall–Kier alpha value is -5.11. The van der Waals surface area contributed by atoms with E-state index in [0.29, 0.717) is 30.8 Å². The van der Waals surface area contributed by atoms with Crippen LogP contribution < -0.4 is 16.6 Å². The summed E-state index contributed by atoms with van der Waals surface area (Å²) in [6.07, 6.45) is -0.0733. The molecule has 0 spiro atoms. The maximum atomic E-state index is 13.4. The number of fused-ring (bicyclic) bond motifs is 5. The van der Waals surface area contributed by atoms with E-state index in [4.69, 9.17) is 25.3 Å². The minimum absolute atomic E-state index is 0.181. The number of hydrogen-bond donors (Lipinski definition) is 3. The van der Waals surface area contributed by atoms with E-state index in [1.807, 2.05) is 44.2 Å². The van der Waals surface area contributed by atoms with Gasteiger partial charge in [0.25, 0.3) is 5.56 Å². The second-order valence-corrected chi connectivity index (χ2v) is 11.3. The number of rotatable bonds is 7. The van der Waals surface area contributed by atoms with Gasteiger partial charge in [-0.3, -0.25) is 24.0 Å². The lowest BCUT2D eigenvalue weighted by Gasteiger charge is -2.27. The molecule has 1 unspecified atom stereocenters. The van der Waals surface area contributed by atoms with Gasteiger partial charge in [-0.25, -0.2) is 9.78 Å². The van der Waals surface area contributed by atoms with Crippen molar-refractivity contribution in [1.29, 1.82) is 0 Å². The van der Waals surface area contributed by atoms with Crippen LogP contribution in [0, 0.1) is 0 Å². The average Bonchev–Trinajstić information content (AvgIpc) is 3.70. The molecule has 0 saturated carbocycles. The van der Waals surface area contributed by atoms with Gasteiger partial charge in [0, 0.05) is 23.1 Å². The number of cyclic esters (lactones) is 1. The third-order valence-electron chi connectivity index (χ3n) is 7.87. The Balaban J connectivity index is 0.000000986.